The van der Waals surface area contributed by atoms with Gasteiger partial charge in [0, 0.05) is 4.87 Å². The summed E-state index contributed by atoms with van der Waals surface area (Å²) in [6.45, 7) is 4.06. The zero-order valence-corrected chi connectivity index (χ0v) is 7.73. The summed E-state index contributed by atoms with van der Waals surface area (Å²) in [5, 5.41) is 0. The number of hydrogen-bond acceptors (Lipinski definition) is 0. The zero-order chi connectivity index (χ0) is 8.32. The maximum Gasteiger partial charge on any atom is 0.316 e. The van der Waals surface area contributed by atoms with Crippen molar-refractivity contribution in [3.05, 3.63) is 35.9 Å². The molecule has 64 valence electrons. The molecule has 0 spiro atoms. The Balaban J connectivity index is 0.00000121. The Morgan fingerprint density at radius 2 is 1.67 bits per heavy atom. The van der Waals surface area contributed by atoms with Crippen LogP contribution in [0.1, 0.15) is 19.4 Å². The Morgan fingerprint density at radius 3 is 2.08 bits per heavy atom. The standard InChI is InChI=1S/C10H13Cl.Mg.2H/c1-10(2,11)8-9-6-4-3-5-7-9;;;/h3-7H,8H2,1-2H3;;;. The van der Waals surface area contributed by atoms with Gasteiger partial charge in [0.1, 0.15) is 0 Å². The second kappa shape index (κ2) is 5.10. The molecule has 0 aromatic heterocycles. The molecule has 0 heterocycles. The molecule has 0 nitrogen and oxygen atoms in total. The van der Waals surface area contributed by atoms with Gasteiger partial charge in [0.05, 0.1) is 0 Å². The maximum absolute atomic E-state index is 6.07. The van der Waals surface area contributed by atoms with Crippen LogP contribution in [0.5, 0.6) is 0 Å². The molecular formula is C10H15ClMg. The Bertz CT molecular complexity index is 213. The molecule has 1 rings (SSSR count). The summed E-state index contributed by atoms with van der Waals surface area (Å²) in [5.41, 5.74) is 1.30. The number of alkyl halides is 1. The molecule has 1 aromatic rings. The van der Waals surface area contributed by atoms with Gasteiger partial charge in [-0.3, -0.25) is 0 Å². The first-order chi connectivity index (χ1) is 5.08. The largest absolute Gasteiger partial charge is 0.316 e. The molecule has 12 heavy (non-hydrogen) atoms. The minimum Gasteiger partial charge on any atom is -0.120 e. The lowest BCUT2D eigenvalue weighted by atomic mass is 10.0. The molecule has 0 bridgehead atoms. The highest BCUT2D eigenvalue weighted by molar-refractivity contribution is 6.23. The zero-order valence-electron chi connectivity index (χ0n) is 6.97. The van der Waals surface area contributed by atoms with Crippen molar-refractivity contribution in [3.8, 4) is 0 Å². The van der Waals surface area contributed by atoms with Crippen LogP contribution < -0.4 is 0 Å². The van der Waals surface area contributed by atoms with E-state index in [4.69, 9.17) is 11.6 Å². The molecule has 0 amide bonds. The number of rotatable bonds is 2. The molecule has 2 heteroatoms. The molecule has 0 saturated heterocycles. The Kier molecular flexibility index (Phi) is 5.22. The second-order valence-electron chi connectivity index (χ2n) is 3.38. The van der Waals surface area contributed by atoms with Gasteiger partial charge in [0.2, 0.25) is 0 Å². The van der Waals surface area contributed by atoms with Gasteiger partial charge in [0.25, 0.3) is 0 Å². The van der Waals surface area contributed by atoms with Gasteiger partial charge < -0.3 is 0 Å². The molecule has 0 saturated carbocycles. The smallest absolute Gasteiger partial charge is 0.120 e. The minimum absolute atomic E-state index is 0. The quantitative estimate of drug-likeness (QED) is 0.501. The summed E-state index contributed by atoms with van der Waals surface area (Å²) in [7, 11) is 0. The first-order valence-corrected chi connectivity index (χ1v) is 4.18. The lowest BCUT2D eigenvalue weighted by Crippen LogP contribution is -2.13. The average Bonchev–Trinajstić information content (AvgIpc) is 1.85. The third-order valence-corrected chi connectivity index (χ3v) is 1.60. The Morgan fingerprint density at radius 1 is 1.17 bits per heavy atom. The fourth-order valence-electron chi connectivity index (χ4n) is 1.08. The van der Waals surface area contributed by atoms with Gasteiger partial charge in [-0.1, -0.05) is 30.3 Å². The van der Waals surface area contributed by atoms with Crippen molar-refractivity contribution in [2.24, 2.45) is 0 Å². The van der Waals surface area contributed by atoms with Crippen molar-refractivity contribution in [1.82, 2.24) is 0 Å². The summed E-state index contributed by atoms with van der Waals surface area (Å²) in [5.74, 6) is 0. The van der Waals surface area contributed by atoms with Crippen LogP contribution in [0.3, 0.4) is 0 Å². The van der Waals surface area contributed by atoms with E-state index in [1.807, 2.05) is 32.0 Å². The van der Waals surface area contributed by atoms with Crippen molar-refractivity contribution in [2.75, 3.05) is 0 Å². The molecule has 0 fully saturated rings. The summed E-state index contributed by atoms with van der Waals surface area (Å²) in [6.07, 6.45) is 0.926. The number of halogens is 1. The van der Waals surface area contributed by atoms with E-state index in [1.54, 1.807) is 0 Å². The second-order valence-corrected chi connectivity index (χ2v) is 4.40. The molecule has 0 N–H and O–H groups in total. The van der Waals surface area contributed by atoms with Crippen molar-refractivity contribution >= 4 is 34.7 Å². The Labute approximate surface area is 95.5 Å². The van der Waals surface area contributed by atoms with Gasteiger partial charge in [-0.2, -0.15) is 0 Å². The third-order valence-electron chi connectivity index (χ3n) is 1.47. The fraction of sp³-hybridized carbons (Fsp3) is 0.400. The van der Waals surface area contributed by atoms with Crippen molar-refractivity contribution in [2.45, 2.75) is 25.1 Å². The highest BCUT2D eigenvalue weighted by Gasteiger charge is 2.12. The van der Waals surface area contributed by atoms with E-state index < -0.39 is 0 Å². The van der Waals surface area contributed by atoms with Crippen LogP contribution in [0.2, 0.25) is 0 Å². The number of benzene rings is 1. The molecule has 0 atom stereocenters. The highest BCUT2D eigenvalue weighted by atomic mass is 35.5. The summed E-state index contributed by atoms with van der Waals surface area (Å²) in [6, 6.07) is 10.3. The predicted octanol–water partition coefficient (Wildman–Crippen LogP) is 2.33. The fourth-order valence-corrected chi connectivity index (χ4v) is 1.24. The summed E-state index contributed by atoms with van der Waals surface area (Å²) >= 11 is 6.07. The lowest BCUT2D eigenvalue weighted by molar-refractivity contribution is 0.694. The lowest BCUT2D eigenvalue weighted by Gasteiger charge is -2.14. The van der Waals surface area contributed by atoms with Crippen LogP contribution in [0, 0.1) is 0 Å². The monoisotopic (exact) mass is 194 g/mol. The van der Waals surface area contributed by atoms with E-state index in [1.165, 1.54) is 5.56 Å². The minimum atomic E-state index is -0.124. The third kappa shape index (κ3) is 5.02. The Hall–Kier alpha value is 0.276. The van der Waals surface area contributed by atoms with Gasteiger partial charge >= 0.3 is 23.1 Å². The van der Waals surface area contributed by atoms with Crippen molar-refractivity contribution in [1.29, 1.82) is 0 Å². The molecule has 0 unspecified atom stereocenters. The molecular weight excluding hydrogens is 180 g/mol. The SMILES string of the molecule is CC(C)(Cl)Cc1ccccc1.[MgH2]. The first kappa shape index (κ1) is 12.3. The van der Waals surface area contributed by atoms with Gasteiger partial charge in [-0.05, 0) is 25.8 Å². The van der Waals surface area contributed by atoms with Crippen LogP contribution in [-0.2, 0) is 6.42 Å². The first-order valence-electron chi connectivity index (χ1n) is 3.81. The van der Waals surface area contributed by atoms with E-state index in [-0.39, 0.29) is 27.9 Å². The topological polar surface area (TPSA) is 0 Å². The number of hydrogen-bond donors (Lipinski definition) is 0. The summed E-state index contributed by atoms with van der Waals surface area (Å²) in [4.78, 5) is -0.124. The normalized spacial score (nSPS) is 10.6. The maximum atomic E-state index is 6.07. The van der Waals surface area contributed by atoms with E-state index in [0.717, 1.165) is 6.42 Å². The predicted molar refractivity (Wildman–Crippen MR) is 58.6 cm³/mol. The molecule has 0 aliphatic carbocycles. The van der Waals surface area contributed by atoms with E-state index in [0.29, 0.717) is 0 Å². The molecule has 0 radical (unpaired) electrons. The average molecular weight is 195 g/mol. The van der Waals surface area contributed by atoms with Gasteiger partial charge in [0.15, 0.2) is 0 Å². The summed E-state index contributed by atoms with van der Waals surface area (Å²) < 4.78 is 0. The molecule has 0 aliphatic rings. The van der Waals surface area contributed by atoms with Crippen molar-refractivity contribution in [3.63, 3.8) is 0 Å². The van der Waals surface area contributed by atoms with Crippen LogP contribution in [0.15, 0.2) is 30.3 Å². The van der Waals surface area contributed by atoms with Crippen LogP contribution in [-0.4, -0.2) is 27.9 Å². The van der Waals surface area contributed by atoms with Crippen LogP contribution in [0.25, 0.3) is 0 Å². The highest BCUT2D eigenvalue weighted by Crippen LogP contribution is 2.18. The van der Waals surface area contributed by atoms with Gasteiger partial charge in [-0.25, -0.2) is 0 Å². The molecule has 0 aliphatic heterocycles. The van der Waals surface area contributed by atoms with E-state index in [9.17, 15) is 0 Å². The molecule has 1 aromatic carbocycles. The van der Waals surface area contributed by atoms with Crippen LogP contribution in [0.4, 0.5) is 0 Å². The van der Waals surface area contributed by atoms with Gasteiger partial charge in [-0.15, -0.1) is 11.6 Å². The van der Waals surface area contributed by atoms with Crippen LogP contribution >= 0.6 is 11.6 Å². The van der Waals surface area contributed by atoms with E-state index >= 15 is 0 Å². The van der Waals surface area contributed by atoms with Crippen molar-refractivity contribution < 1.29 is 0 Å². The van der Waals surface area contributed by atoms with E-state index in [2.05, 4.69) is 12.1 Å².